The minimum atomic E-state index is -0.328. The highest BCUT2D eigenvalue weighted by molar-refractivity contribution is 6.32. The number of amides is 1. The average Bonchev–Trinajstić information content (AvgIpc) is 2.85. The second-order valence-corrected chi connectivity index (χ2v) is 9.07. The maximum absolute atomic E-state index is 13.5. The standard InChI is InChI=1S/C26H33N5O4/c1-4-35-26(34)31-14-12-30(13-15-31)20-16-19(28-10-7-11-29(2)3)21-22(23(20)27)25(33)18-9-6-5-8-17(18)24(21)32/h5-6,8-9,16,28H,4,7,10-15,27H2,1-3H3. The molecule has 2 aromatic rings. The molecule has 0 atom stereocenters. The number of fused-ring (bicyclic) bond motifs is 2. The highest BCUT2D eigenvalue weighted by Gasteiger charge is 2.36. The van der Waals surface area contributed by atoms with Crippen molar-refractivity contribution in [2.75, 3.05) is 75.9 Å². The number of ether oxygens (including phenoxy) is 1. The van der Waals surface area contributed by atoms with E-state index in [1.165, 1.54) is 0 Å². The topological polar surface area (TPSA) is 108 Å². The number of hydrogen-bond donors (Lipinski definition) is 2. The van der Waals surface area contributed by atoms with Crippen molar-refractivity contribution < 1.29 is 19.1 Å². The zero-order valence-electron chi connectivity index (χ0n) is 20.6. The van der Waals surface area contributed by atoms with Gasteiger partial charge < -0.3 is 30.5 Å². The number of rotatable bonds is 7. The molecule has 9 heteroatoms. The quantitative estimate of drug-likeness (QED) is 0.393. The molecule has 2 aliphatic rings. The first kappa shape index (κ1) is 24.5. The molecule has 1 fully saturated rings. The van der Waals surface area contributed by atoms with Crippen LogP contribution >= 0.6 is 0 Å². The van der Waals surface area contributed by atoms with Gasteiger partial charge >= 0.3 is 6.09 Å². The molecule has 35 heavy (non-hydrogen) atoms. The van der Waals surface area contributed by atoms with Gasteiger partial charge in [0.25, 0.3) is 0 Å². The van der Waals surface area contributed by atoms with Gasteiger partial charge in [-0.25, -0.2) is 4.79 Å². The molecular weight excluding hydrogens is 446 g/mol. The van der Waals surface area contributed by atoms with Crippen LogP contribution in [0.4, 0.5) is 21.9 Å². The van der Waals surface area contributed by atoms with Crippen LogP contribution in [0, 0.1) is 0 Å². The zero-order chi connectivity index (χ0) is 25.1. The number of carbonyl (C=O) groups is 3. The maximum atomic E-state index is 13.5. The van der Waals surface area contributed by atoms with Gasteiger partial charge in [-0.15, -0.1) is 0 Å². The molecule has 1 amide bonds. The van der Waals surface area contributed by atoms with Gasteiger partial charge in [-0.2, -0.15) is 0 Å². The zero-order valence-corrected chi connectivity index (χ0v) is 20.6. The van der Waals surface area contributed by atoms with Crippen molar-refractivity contribution in [2.24, 2.45) is 0 Å². The lowest BCUT2D eigenvalue weighted by atomic mass is 9.81. The monoisotopic (exact) mass is 479 g/mol. The van der Waals surface area contributed by atoms with Crippen LogP contribution in [0.5, 0.6) is 0 Å². The van der Waals surface area contributed by atoms with E-state index in [4.69, 9.17) is 10.5 Å². The third kappa shape index (κ3) is 4.81. The normalized spacial score (nSPS) is 15.2. The highest BCUT2D eigenvalue weighted by Crippen LogP contribution is 2.41. The highest BCUT2D eigenvalue weighted by atomic mass is 16.6. The van der Waals surface area contributed by atoms with Gasteiger partial charge in [0.05, 0.1) is 29.1 Å². The molecule has 2 aromatic carbocycles. The number of carbonyl (C=O) groups excluding carboxylic acids is 3. The molecule has 0 saturated carbocycles. The van der Waals surface area contributed by atoms with E-state index >= 15 is 0 Å². The Bertz CT molecular complexity index is 1140. The molecule has 0 aromatic heterocycles. The van der Waals surface area contributed by atoms with Crippen LogP contribution in [0.15, 0.2) is 30.3 Å². The van der Waals surface area contributed by atoms with Crippen LogP contribution in [0.2, 0.25) is 0 Å². The molecule has 1 aliphatic carbocycles. The van der Waals surface area contributed by atoms with Gasteiger partial charge in [-0.1, -0.05) is 24.3 Å². The summed E-state index contributed by atoms with van der Waals surface area (Å²) in [6.07, 6.45) is 0.546. The second kappa shape index (κ2) is 10.4. The van der Waals surface area contributed by atoms with E-state index in [9.17, 15) is 14.4 Å². The molecule has 0 unspecified atom stereocenters. The van der Waals surface area contributed by atoms with Gasteiger partial charge in [0.15, 0.2) is 11.6 Å². The fourth-order valence-electron chi connectivity index (χ4n) is 4.67. The summed E-state index contributed by atoms with van der Waals surface area (Å²) < 4.78 is 5.12. The lowest BCUT2D eigenvalue weighted by Crippen LogP contribution is -2.49. The lowest BCUT2D eigenvalue weighted by Gasteiger charge is -2.37. The molecule has 0 bridgehead atoms. The summed E-state index contributed by atoms with van der Waals surface area (Å²) in [5.74, 6) is -0.438. The summed E-state index contributed by atoms with van der Waals surface area (Å²) in [4.78, 5) is 45.0. The van der Waals surface area contributed by atoms with Gasteiger partial charge in [0, 0.05) is 49.5 Å². The van der Waals surface area contributed by atoms with Crippen LogP contribution in [-0.2, 0) is 4.74 Å². The van der Waals surface area contributed by atoms with Crippen molar-refractivity contribution >= 4 is 34.7 Å². The summed E-state index contributed by atoms with van der Waals surface area (Å²) in [6.45, 7) is 5.70. The first-order valence-electron chi connectivity index (χ1n) is 12.0. The second-order valence-electron chi connectivity index (χ2n) is 9.07. The number of nitrogens with zero attached hydrogens (tertiary/aromatic N) is 3. The predicted molar refractivity (Wildman–Crippen MR) is 137 cm³/mol. The smallest absolute Gasteiger partial charge is 0.409 e. The molecule has 1 heterocycles. The Morgan fingerprint density at radius 3 is 2.29 bits per heavy atom. The minimum Gasteiger partial charge on any atom is -0.450 e. The molecule has 186 valence electrons. The van der Waals surface area contributed by atoms with E-state index in [2.05, 4.69) is 15.1 Å². The third-order valence-electron chi connectivity index (χ3n) is 6.46. The van der Waals surface area contributed by atoms with Crippen molar-refractivity contribution in [1.29, 1.82) is 0 Å². The van der Waals surface area contributed by atoms with Crippen molar-refractivity contribution in [3.63, 3.8) is 0 Å². The van der Waals surface area contributed by atoms with E-state index < -0.39 is 0 Å². The Morgan fingerprint density at radius 2 is 1.69 bits per heavy atom. The van der Waals surface area contributed by atoms with E-state index in [0.717, 1.165) is 13.0 Å². The largest absolute Gasteiger partial charge is 0.450 e. The molecule has 0 spiro atoms. The predicted octanol–water partition coefficient (Wildman–Crippen LogP) is 2.69. The Morgan fingerprint density at radius 1 is 1.06 bits per heavy atom. The molecule has 9 nitrogen and oxygen atoms in total. The van der Waals surface area contributed by atoms with Crippen LogP contribution in [0.25, 0.3) is 0 Å². The number of ketones is 2. The van der Waals surface area contributed by atoms with Crippen LogP contribution in [0.1, 0.15) is 45.2 Å². The lowest BCUT2D eigenvalue weighted by molar-refractivity contribution is 0.0980. The number of anilines is 3. The van der Waals surface area contributed by atoms with E-state index in [-0.39, 0.29) is 23.2 Å². The third-order valence-corrected chi connectivity index (χ3v) is 6.46. The summed E-state index contributed by atoms with van der Waals surface area (Å²) in [6, 6.07) is 8.76. The summed E-state index contributed by atoms with van der Waals surface area (Å²) in [5, 5.41) is 3.39. The molecule has 1 saturated heterocycles. The molecular formula is C26H33N5O4. The Kier molecular flexibility index (Phi) is 7.25. The first-order valence-corrected chi connectivity index (χ1v) is 12.0. The molecule has 1 aliphatic heterocycles. The fraction of sp³-hybridized carbons (Fsp3) is 0.423. The van der Waals surface area contributed by atoms with E-state index in [1.807, 2.05) is 20.2 Å². The molecule has 3 N–H and O–H groups in total. The van der Waals surface area contributed by atoms with Crippen LogP contribution in [-0.4, -0.2) is 87.4 Å². The fourth-order valence-corrected chi connectivity index (χ4v) is 4.67. The van der Waals surface area contributed by atoms with Crippen molar-refractivity contribution in [2.45, 2.75) is 13.3 Å². The Balaban J connectivity index is 1.69. The number of nitrogens with one attached hydrogen (secondary N) is 1. The maximum Gasteiger partial charge on any atom is 0.409 e. The van der Waals surface area contributed by atoms with Crippen molar-refractivity contribution in [3.8, 4) is 0 Å². The Labute approximate surface area is 205 Å². The van der Waals surface area contributed by atoms with Gasteiger partial charge in [-0.05, 0) is 40.1 Å². The number of nitrogens with two attached hydrogens (primary N) is 1. The summed E-state index contributed by atoms with van der Waals surface area (Å²) >= 11 is 0. The SMILES string of the molecule is CCOC(=O)N1CCN(c2cc(NCCCN(C)C)c3c(c2N)C(=O)c2ccccc2C3=O)CC1. The number of hydrogen-bond acceptors (Lipinski definition) is 8. The average molecular weight is 480 g/mol. The van der Waals surface area contributed by atoms with Crippen LogP contribution in [0.3, 0.4) is 0 Å². The van der Waals surface area contributed by atoms with E-state index in [0.29, 0.717) is 73.1 Å². The van der Waals surface area contributed by atoms with Gasteiger partial charge in [0.1, 0.15) is 0 Å². The van der Waals surface area contributed by atoms with Crippen molar-refractivity contribution in [1.82, 2.24) is 9.80 Å². The van der Waals surface area contributed by atoms with Gasteiger partial charge in [-0.3, -0.25) is 9.59 Å². The minimum absolute atomic E-state index is 0.198. The summed E-state index contributed by atoms with van der Waals surface area (Å²) in [5.41, 5.74) is 9.58. The summed E-state index contributed by atoms with van der Waals surface area (Å²) in [7, 11) is 4.02. The van der Waals surface area contributed by atoms with Crippen molar-refractivity contribution in [3.05, 3.63) is 52.6 Å². The Hall–Kier alpha value is -3.59. The number of benzene rings is 2. The first-order chi connectivity index (χ1) is 16.8. The van der Waals surface area contributed by atoms with Gasteiger partial charge in [0.2, 0.25) is 0 Å². The molecule has 4 rings (SSSR count). The van der Waals surface area contributed by atoms with Crippen LogP contribution < -0.4 is 16.0 Å². The molecule has 0 radical (unpaired) electrons. The van der Waals surface area contributed by atoms with E-state index in [1.54, 1.807) is 36.1 Å². The number of nitrogen functional groups attached to an aromatic ring is 1. The number of piperazine rings is 1.